The van der Waals surface area contributed by atoms with E-state index in [-0.39, 0.29) is 24.7 Å². The molecule has 2 amide bonds. The van der Waals surface area contributed by atoms with E-state index in [4.69, 9.17) is 5.73 Å². The molecule has 3 N–H and O–H groups in total. The number of carbonyl (C=O) groups is 2. The summed E-state index contributed by atoms with van der Waals surface area (Å²) in [5, 5.41) is 2.55. The molecule has 5 nitrogen and oxygen atoms in total. The fourth-order valence-electron chi connectivity index (χ4n) is 3.47. The predicted octanol–water partition coefficient (Wildman–Crippen LogP) is 2.22. The first-order valence-electron chi connectivity index (χ1n) is 9.16. The Kier molecular flexibility index (Phi) is 6.04. The van der Waals surface area contributed by atoms with Gasteiger partial charge in [-0.05, 0) is 35.2 Å². The fraction of sp³-hybridized carbons (Fsp3) is 0.333. The summed E-state index contributed by atoms with van der Waals surface area (Å²) < 4.78 is 26.5. The van der Waals surface area contributed by atoms with Gasteiger partial charge < -0.3 is 16.0 Å². The van der Waals surface area contributed by atoms with Crippen LogP contribution in [-0.2, 0) is 9.59 Å². The molecule has 1 saturated heterocycles. The second-order valence-electron chi connectivity index (χ2n) is 6.92. The second-order valence-corrected chi connectivity index (χ2v) is 6.92. The minimum Gasteiger partial charge on any atom is -0.359 e. The van der Waals surface area contributed by atoms with Crippen molar-refractivity contribution in [2.24, 2.45) is 5.73 Å². The summed E-state index contributed by atoms with van der Waals surface area (Å²) in [6.45, 7) is 0.314. The summed E-state index contributed by atoms with van der Waals surface area (Å²) >= 11 is 0. The Morgan fingerprint density at radius 3 is 2.18 bits per heavy atom. The highest BCUT2D eigenvalue weighted by atomic mass is 19.1. The highest BCUT2D eigenvalue weighted by Gasteiger charge is 2.36. The number of nitrogens with one attached hydrogen (secondary N) is 1. The number of likely N-dealkylation sites (tertiary alicyclic amines) is 1. The first kappa shape index (κ1) is 19.9. The lowest BCUT2D eigenvalue weighted by atomic mass is 9.89. The Bertz CT molecular complexity index is 840. The fourth-order valence-corrected chi connectivity index (χ4v) is 3.47. The molecule has 2 aromatic rings. The van der Waals surface area contributed by atoms with Crippen molar-refractivity contribution in [2.75, 3.05) is 20.1 Å². The number of alkyl halides is 1. The van der Waals surface area contributed by atoms with E-state index >= 15 is 0 Å². The summed E-state index contributed by atoms with van der Waals surface area (Å²) in [7, 11) is 1.48. The van der Waals surface area contributed by atoms with Crippen molar-refractivity contribution < 1.29 is 18.4 Å². The van der Waals surface area contributed by atoms with E-state index in [1.807, 2.05) is 0 Å². The van der Waals surface area contributed by atoms with Gasteiger partial charge in [0.1, 0.15) is 18.0 Å². The number of nitrogens with zero attached hydrogens (tertiary/aromatic N) is 1. The number of hydrogen-bond acceptors (Lipinski definition) is 3. The van der Waals surface area contributed by atoms with E-state index in [2.05, 4.69) is 5.32 Å². The average Bonchev–Trinajstić information content (AvgIpc) is 3.14. The van der Waals surface area contributed by atoms with Crippen molar-refractivity contribution in [3.05, 3.63) is 59.9 Å². The van der Waals surface area contributed by atoms with Gasteiger partial charge in [0.05, 0.1) is 12.5 Å². The number of carbonyl (C=O) groups excluding carboxylic acids is 2. The molecule has 1 fully saturated rings. The van der Waals surface area contributed by atoms with Gasteiger partial charge in [-0.1, -0.05) is 36.4 Å². The SMILES string of the molecule is CNC(=O)[C@@H](c1ccc(-c2ccc(F)cc2)cc1)[C@H](N)C(=O)N1CC[C@H](F)C1. The van der Waals surface area contributed by atoms with Crippen molar-refractivity contribution in [3.63, 3.8) is 0 Å². The van der Waals surface area contributed by atoms with Crippen LogP contribution >= 0.6 is 0 Å². The first-order chi connectivity index (χ1) is 13.4. The van der Waals surface area contributed by atoms with Crippen molar-refractivity contribution in [1.82, 2.24) is 10.2 Å². The molecule has 3 rings (SSSR count). The van der Waals surface area contributed by atoms with Gasteiger partial charge in [0, 0.05) is 13.6 Å². The zero-order valence-corrected chi connectivity index (χ0v) is 15.6. The number of nitrogens with two attached hydrogens (primary N) is 1. The third-order valence-electron chi connectivity index (χ3n) is 5.06. The van der Waals surface area contributed by atoms with Crippen LogP contribution in [0.15, 0.2) is 48.5 Å². The Morgan fingerprint density at radius 1 is 1.11 bits per heavy atom. The minimum absolute atomic E-state index is 0.0104. The van der Waals surface area contributed by atoms with Crippen LogP contribution in [0.25, 0.3) is 11.1 Å². The van der Waals surface area contributed by atoms with Gasteiger partial charge in [-0.15, -0.1) is 0 Å². The topological polar surface area (TPSA) is 75.4 Å². The van der Waals surface area contributed by atoms with Gasteiger partial charge >= 0.3 is 0 Å². The standard InChI is InChI=1S/C21H23F2N3O2/c1-25-20(27)18(19(24)21(28)26-11-10-17(23)12-26)15-4-2-13(3-5-15)14-6-8-16(22)9-7-14/h2-9,17-19H,10-12,24H2,1H3,(H,25,27)/t17-,18-,19-/m0/s1. The zero-order chi connectivity index (χ0) is 20.3. The molecule has 1 aliphatic rings. The number of halogens is 2. The van der Waals surface area contributed by atoms with Crippen molar-refractivity contribution in [2.45, 2.75) is 24.6 Å². The quantitative estimate of drug-likeness (QED) is 0.826. The molecule has 0 aromatic heterocycles. The number of likely N-dealkylation sites (N-methyl/N-ethyl adjacent to an activating group) is 1. The predicted molar refractivity (Wildman–Crippen MR) is 103 cm³/mol. The summed E-state index contributed by atoms with van der Waals surface area (Å²) in [4.78, 5) is 26.5. The van der Waals surface area contributed by atoms with E-state index in [0.29, 0.717) is 12.1 Å². The van der Waals surface area contributed by atoms with Crippen molar-refractivity contribution in [1.29, 1.82) is 0 Å². The molecule has 7 heteroatoms. The minimum atomic E-state index is -1.11. The molecule has 1 aliphatic heterocycles. The largest absolute Gasteiger partial charge is 0.359 e. The van der Waals surface area contributed by atoms with Gasteiger partial charge in [0.15, 0.2) is 0 Å². The molecule has 0 saturated carbocycles. The number of hydrogen-bond donors (Lipinski definition) is 2. The van der Waals surface area contributed by atoms with Gasteiger partial charge in [-0.25, -0.2) is 8.78 Å². The van der Waals surface area contributed by atoms with Gasteiger partial charge in [-0.2, -0.15) is 0 Å². The molecule has 3 atom stereocenters. The maximum absolute atomic E-state index is 13.4. The van der Waals surface area contributed by atoms with Crippen LogP contribution in [0.5, 0.6) is 0 Å². The molecule has 1 heterocycles. The molecule has 0 bridgehead atoms. The summed E-state index contributed by atoms with van der Waals surface area (Å²) in [6, 6.07) is 12.0. The lowest BCUT2D eigenvalue weighted by Gasteiger charge is -2.26. The first-order valence-corrected chi connectivity index (χ1v) is 9.16. The van der Waals surface area contributed by atoms with Crippen LogP contribution < -0.4 is 11.1 Å². The van der Waals surface area contributed by atoms with E-state index in [1.54, 1.807) is 36.4 Å². The molecule has 0 aliphatic carbocycles. The summed E-state index contributed by atoms with van der Waals surface area (Å²) in [5.74, 6) is -2.02. The van der Waals surface area contributed by atoms with Gasteiger partial charge in [-0.3, -0.25) is 9.59 Å². The van der Waals surface area contributed by atoms with Crippen molar-refractivity contribution >= 4 is 11.8 Å². The Hall–Kier alpha value is -2.80. The summed E-state index contributed by atoms with van der Waals surface area (Å²) in [5.41, 5.74) is 8.41. The highest BCUT2D eigenvalue weighted by molar-refractivity contribution is 5.93. The third kappa shape index (κ3) is 4.20. The Labute approximate surface area is 162 Å². The monoisotopic (exact) mass is 387 g/mol. The van der Waals surface area contributed by atoms with Crippen LogP contribution in [-0.4, -0.2) is 49.1 Å². The van der Waals surface area contributed by atoms with Crippen LogP contribution in [0, 0.1) is 5.82 Å². The van der Waals surface area contributed by atoms with E-state index in [1.165, 1.54) is 24.1 Å². The van der Waals surface area contributed by atoms with E-state index < -0.39 is 24.0 Å². The lowest BCUT2D eigenvalue weighted by molar-refractivity contribution is -0.135. The molecule has 0 spiro atoms. The molecule has 0 radical (unpaired) electrons. The average molecular weight is 387 g/mol. The third-order valence-corrected chi connectivity index (χ3v) is 5.06. The second kappa shape index (κ2) is 8.48. The highest BCUT2D eigenvalue weighted by Crippen LogP contribution is 2.26. The van der Waals surface area contributed by atoms with Gasteiger partial charge in [0.25, 0.3) is 0 Å². The molecular formula is C21H23F2N3O2. The maximum atomic E-state index is 13.4. The Morgan fingerprint density at radius 2 is 1.68 bits per heavy atom. The Balaban J connectivity index is 1.84. The summed E-state index contributed by atoms with van der Waals surface area (Å²) in [6.07, 6.45) is -0.764. The van der Waals surface area contributed by atoms with Crippen LogP contribution in [0.4, 0.5) is 8.78 Å². The molecule has 148 valence electrons. The van der Waals surface area contributed by atoms with Crippen LogP contribution in [0.3, 0.4) is 0 Å². The van der Waals surface area contributed by atoms with Gasteiger partial charge in [0.2, 0.25) is 11.8 Å². The molecule has 0 unspecified atom stereocenters. The lowest BCUT2D eigenvalue weighted by Crippen LogP contribution is -2.50. The number of rotatable bonds is 5. The molecule has 28 heavy (non-hydrogen) atoms. The number of amides is 2. The zero-order valence-electron chi connectivity index (χ0n) is 15.6. The van der Waals surface area contributed by atoms with Crippen LogP contribution in [0.2, 0.25) is 0 Å². The number of benzene rings is 2. The molecular weight excluding hydrogens is 364 g/mol. The van der Waals surface area contributed by atoms with E-state index in [0.717, 1.165) is 11.1 Å². The van der Waals surface area contributed by atoms with Crippen LogP contribution in [0.1, 0.15) is 17.9 Å². The maximum Gasteiger partial charge on any atom is 0.240 e. The normalized spacial score (nSPS) is 18.6. The van der Waals surface area contributed by atoms with Crippen molar-refractivity contribution in [3.8, 4) is 11.1 Å². The van der Waals surface area contributed by atoms with E-state index in [9.17, 15) is 18.4 Å². The smallest absolute Gasteiger partial charge is 0.240 e. The molecule has 2 aromatic carbocycles.